The second-order valence-electron chi connectivity index (χ2n) is 25.5. The van der Waals surface area contributed by atoms with Crippen LogP contribution in [0.25, 0.3) is 16.6 Å². The summed E-state index contributed by atoms with van der Waals surface area (Å²) in [5.74, 6) is 9.52. The molecule has 1 aromatic heterocycles. The Hall–Kier alpha value is -6.56. The molecule has 6 aromatic rings. The molecular formula is C72H83N3O9. The van der Waals surface area contributed by atoms with Gasteiger partial charge in [-0.15, -0.1) is 0 Å². The van der Waals surface area contributed by atoms with Gasteiger partial charge in [-0.1, -0.05) is 98.5 Å². The number of nitrogens with one attached hydrogen (secondary N) is 2. The SMILES string of the molecule is OCc1cc(O)c2cc1CC[C@@H](O)C[C@@H]1CCC[C@@H](CCc3ccc(O)c(Cc4cccc(O)c4)c3)C#CC3=CC(NCOC4CCCCC4)NC(=C3CO1)n1cc3cc([C@@]45CCOC[C@@H]4CC4(CCCC4)c4ccccc45)cc(c3c1)CO2. The van der Waals surface area contributed by atoms with E-state index in [-0.39, 0.29) is 78.1 Å². The second kappa shape index (κ2) is 24.8. The molecule has 0 radical (unpaired) electrons. The van der Waals surface area contributed by atoms with Gasteiger partial charge in [-0.05, 0) is 194 Å². The lowest BCUT2D eigenvalue weighted by Gasteiger charge is -2.54. The van der Waals surface area contributed by atoms with Crippen LogP contribution in [0.1, 0.15) is 159 Å². The Morgan fingerprint density at radius 3 is 2.50 bits per heavy atom. The van der Waals surface area contributed by atoms with Crippen molar-refractivity contribution in [1.29, 1.82) is 0 Å². The van der Waals surface area contributed by atoms with Crippen LogP contribution in [0.15, 0.2) is 121 Å². The summed E-state index contributed by atoms with van der Waals surface area (Å²) in [7, 11) is 0. The summed E-state index contributed by atoms with van der Waals surface area (Å²) in [4.78, 5) is 0. The van der Waals surface area contributed by atoms with Crippen LogP contribution in [-0.4, -0.2) is 81.1 Å². The van der Waals surface area contributed by atoms with Crippen LogP contribution in [0.5, 0.6) is 23.0 Å². The van der Waals surface area contributed by atoms with E-state index in [0.717, 1.165) is 113 Å². The molecule has 0 amide bonds. The zero-order valence-corrected chi connectivity index (χ0v) is 48.6. The Balaban J connectivity index is 0.926. The number of aromatic nitrogens is 1. The van der Waals surface area contributed by atoms with Gasteiger partial charge in [-0.2, -0.15) is 0 Å². The van der Waals surface area contributed by atoms with Crippen molar-refractivity contribution in [2.75, 3.05) is 26.6 Å². The molecule has 440 valence electrons. The van der Waals surface area contributed by atoms with Crippen molar-refractivity contribution in [1.82, 2.24) is 15.2 Å². The van der Waals surface area contributed by atoms with Crippen LogP contribution in [-0.2, 0) is 57.5 Å². The first kappa shape index (κ1) is 56.6. The van der Waals surface area contributed by atoms with Gasteiger partial charge in [-0.25, -0.2) is 0 Å². The smallest absolute Gasteiger partial charge is 0.161 e. The molecule has 7 N–H and O–H groups in total. The number of benzene rings is 5. The average Bonchev–Trinajstić information content (AvgIpc) is 1.18. The highest BCUT2D eigenvalue weighted by Gasteiger charge is 2.55. The maximum Gasteiger partial charge on any atom is 0.161 e. The van der Waals surface area contributed by atoms with E-state index in [2.05, 4.69) is 88.0 Å². The van der Waals surface area contributed by atoms with E-state index in [0.29, 0.717) is 56.9 Å². The molecule has 7 aliphatic rings. The first-order chi connectivity index (χ1) is 41.1. The van der Waals surface area contributed by atoms with Crippen molar-refractivity contribution < 1.29 is 44.5 Å². The van der Waals surface area contributed by atoms with Gasteiger partial charge < -0.3 is 54.4 Å². The van der Waals surface area contributed by atoms with E-state index in [4.69, 9.17) is 18.9 Å². The second-order valence-corrected chi connectivity index (χ2v) is 25.5. The molecule has 1 saturated heterocycles. The summed E-state index contributed by atoms with van der Waals surface area (Å²) >= 11 is 0. The number of aryl methyl sites for hydroxylation is 2. The highest BCUT2D eigenvalue weighted by Crippen LogP contribution is 2.60. The molecule has 2 saturated carbocycles. The van der Waals surface area contributed by atoms with Crippen LogP contribution in [0, 0.1) is 23.7 Å². The molecule has 6 atom stereocenters. The largest absolute Gasteiger partial charge is 0.508 e. The molecule has 4 aliphatic heterocycles. The lowest BCUT2D eigenvalue weighted by molar-refractivity contribution is -0.00873. The molecule has 1 spiro atoms. The number of fused-ring (bicyclic) bond motifs is 10. The Labute approximate surface area is 494 Å². The minimum atomic E-state index is -0.699. The van der Waals surface area contributed by atoms with Gasteiger partial charge >= 0.3 is 0 Å². The van der Waals surface area contributed by atoms with Crippen LogP contribution < -0.4 is 15.4 Å². The topological polar surface area (TPSA) is 167 Å². The quantitative estimate of drug-likeness (QED) is 0.0487. The van der Waals surface area contributed by atoms with E-state index in [1.807, 2.05) is 24.3 Å². The van der Waals surface area contributed by atoms with E-state index in [1.165, 1.54) is 61.6 Å². The maximum absolute atomic E-state index is 11.9. The van der Waals surface area contributed by atoms with Crippen molar-refractivity contribution in [3.8, 4) is 34.8 Å². The number of phenols is 3. The fraction of sp³-hybridized carbons (Fsp3) is 0.472. The zero-order valence-electron chi connectivity index (χ0n) is 48.6. The normalized spacial score (nSPS) is 25.3. The molecule has 5 aromatic carbocycles. The third-order valence-corrected chi connectivity index (χ3v) is 20.2. The molecule has 84 heavy (non-hydrogen) atoms. The number of aliphatic hydroxyl groups excluding tert-OH is 2. The van der Waals surface area contributed by atoms with E-state index >= 15 is 0 Å². The Kier molecular flexibility index (Phi) is 16.7. The lowest BCUT2D eigenvalue weighted by atomic mass is 9.51. The van der Waals surface area contributed by atoms with Crippen LogP contribution in [0.3, 0.4) is 0 Å². The lowest BCUT2D eigenvalue weighted by Crippen LogP contribution is -2.51. The average molecular weight is 1130 g/mol. The molecule has 5 heterocycles. The van der Waals surface area contributed by atoms with Gasteiger partial charge in [-0.3, -0.25) is 5.32 Å². The van der Waals surface area contributed by atoms with Gasteiger partial charge in [0, 0.05) is 58.7 Å². The van der Waals surface area contributed by atoms with Gasteiger partial charge in [0.2, 0.25) is 0 Å². The Morgan fingerprint density at radius 2 is 1.64 bits per heavy atom. The third kappa shape index (κ3) is 11.8. The van der Waals surface area contributed by atoms with Crippen LogP contribution >= 0.6 is 0 Å². The molecule has 13 rings (SSSR count). The summed E-state index contributed by atoms with van der Waals surface area (Å²) in [5.41, 5.74) is 11.2. The van der Waals surface area contributed by atoms with Crippen LogP contribution in [0.4, 0.5) is 0 Å². The molecule has 3 fully saturated rings. The van der Waals surface area contributed by atoms with Gasteiger partial charge in [0.1, 0.15) is 30.1 Å². The molecular weight excluding hydrogens is 1050 g/mol. The number of ether oxygens (including phenoxy) is 4. The Morgan fingerprint density at radius 1 is 0.774 bits per heavy atom. The van der Waals surface area contributed by atoms with Gasteiger partial charge in [0.05, 0.1) is 44.9 Å². The van der Waals surface area contributed by atoms with E-state index in [9.17, 15) is 25.5 Å². The molecule has 12 nitrogen and oxygen atoms in total. The van der Waals surface area contributed by atoms with Crippen LogP contribution in [0.2, 0.25) is 0 Å². The summed E-state index contributed by atoms with van der Waals surface area (Å²) in [6.07, 6.45) is 24.1. The maximum atomic E-state index is 11.9. The minimum Gasteiger partial charge on any atom is -0.508 e. The van der Waals surface area contributed by atoms with Crippen molar-refractivity contribution in [3.05, 3.63) is 171 Å². The van der Waals surface area contributed by atoms with Gasteiger partial charge in [0.25, 0.3) is 0 Å². The third-order valence-electron chi connectivity index (χ3n) is 20.2. The fourth-order valence-electron chi connectivity index (χ4n) is 15.7. The standard InChI is InChI=1S/C72H83N3O9/c76-42-54-35-67(80)68-36-50(54)23-24-59(78)38-61-15-9-10-47(18-19-48-21-25-66(79)52(30-48)31-49-11-8-12-58(77)32-49)20-22-51-37-69(73-46-84-60-13-2-1-3-14-60)74-70(63(51)45-82-61)75-40-53-33-56(34-55(43-83-68)62(53)41-75)72-28-29-81-44-57(72)39-71(26-6-7-27-71)64-16-4-5-17-65(64)72/h4-5,8,11-12,16-17,21,25,30,32-37,40-41,47,57,59-61,69,73-74,76-80H,1-3,6-7,9-10,13-15,18-19,23-24,26-29,31,38-39,42-46H2/t47-,57-,59+,61-,69?,72-/m0/s1. The number of nitrogens with zero attached hydrogens (tertiary/aromatic N) is 1. The number of aliphatic hydroxyl groups is 2. The summed E-state index contributed by atoms with van der Waals surface area (Å²) in [6, 6.07) is 30.7. The molecule has 6 bridgehead atoms. The number of phenolic OH excluding ortho intramolecular Hbond substituents is 3. The molecule has 1 unspecified atom stereocenters. The predicted molar refractivity (Wildman–Crippen MR) is 327 cm³/mol. The number of aromatic hydroxyl groups is 3. The van der Waals surface area contributed by atoms with Crippen molar-refractivity contribution in [2.45, 2.75) is 177 Å². The minimum absolute atomic E-state index is 0.0309. The van der Waals surface area contributed by atoms with Gasteiger partial charge in [0.15, 0.2) is 11.5 Å². The molecule has 12 heteroatoms. The zero-order chi connectivity index (χ0) is 57.2. The van der Waals surface area contributed by atoms with Crippen molar-refractivity contribution >= 4 is 16.6 Å². The van der Waals surface area contributed by atoms with Crippen molar-refractivity contribution in [2.24, 2.45) is 11.8 Å². The number of hydrogen-bond donors (Lipinski definition) is 7. The number of hydrogen-bond acceptors (Lipinski definition) is 11. The first-order valence-corrected chi connectivity index (χ1v) is 31.5. The highest BCUT2D eigenvalue weighted by atomic mass is 16.5. The van der Waals surface area contributed by atoms with E-state index in [1.54, 1.807) is 24.3 Å². The highest BCUT2D eigenvalue weighted by molar-refractivity contribution is 5.89. The number of dihydropyridines is 1. The van der Waals surface area contributed by atoms with Crippen molar-refractivity contribution in [3.63, 3.8) is 0 Å². The monoisotopic (exact) mass is 1130 g/mol. The summed E-state index contributed by atoms with van der Waals surface area (Å²) in [5, 5.41) is 65.0. The summed E-state index contributed by atoms with van der Waals surface area (Å²) < 4.78 is 29.1. The molecule has 3 aliphatic carbocycles. The first-order valence-electron chi connectivity index (χ1n) is 31.5. The fourth-order valence-corrected chi connectivity index (χ4v) is 15.7. The summed E-state index contributed by atoms with van der Waals surface area (Å²) in [6.45, 7) is 1.95. The number of rotatable bonds is 11. The predicted octanol–water partition coefficient (Wildman–Crippen LogP) is 12.4. The van der Waals surface area contributed by atoms with E-state index < -0.39 is 6.10 Å². The Bertz CT molecular complexity index is 3490.